The fourth-order valence-electron chi connectivity index (χ4n) is 6.86. The molecule has 6 nitrogen and oxygen atoms in total. The predicted octanol–water partition coefficient (Wildman–Crippen LogP) is 6.73. The van der Waals surface area contributed by atoms with Gasteiger partial charge in [-0.1, -0.05) is 68.4 Å². The number of benzene rings is 2. The van der Waals surface area contributed by atoms with Crippen LogP contribution >= 0.6 is 0 Å². The van der Waals surface area contributed by atoms with Crippen molar-refractivity contribution < 1.29 is 9.59 Å². The normalized spacial score (nSPS) is 16.0. The van der Waals surface area contributed by atoms with Crippen LogP contribution in [0.4, 0.5) is 0 Å². The Morgan fingerprint density at radius 1 is 0.740 bits per heavy atom. The number of carbonyl (C=O) groups is 2. The summed E-state index contributed by atoms with van der Waals surface area (Å²) in [5, 5.41) is 4.57. The summed E-state index contributed by atoms with van der Waals surface area (Å²) in [5.74, 6) is 7.43. The summed E-state index contributed by atoms with van der Waals surface area (Å²) in [4.78, 5) is 34.5. The Hall–Kier alpha value is -4.01. The van der Waals surface area contributed by atoms with Crippen molar-refractivity contribution in [2.24, 2.45) is 11.8 Å². The minimum absolute atomic E-state index is 0.659. The van der Waals surface area contributed by atoms with E-state index in [-0.39, 0.29) is 0 Å². The Bertz CT molecular complexity index is 1860. The van der Waals surface area contributed by atoms with Crippen LogP contribution in [0.25, 0.3) is 21.5 Å². The Morgan fingerprint density at radius 3 is 1.64 bits per heavy atom. The van der Waals surface area contributed by atoms with E-state index in [1.165, 1.54) is 29.4 Å². The molecule has 2 aromatic heterocycles. The lowest BCUT2D eigenvalue weighted by Gasteiger charge is -2.31. The van der Waals surface area contributed by atoms with E-state index in [0.29, 0.717) is 11.8 Å². The zero-order chi connectivity index (χ0) is 35.3. The van der Waals surface area contributed by atoms with Gasteiger partial charge >= 0.3 is 0 Å². The second-order valence-corrected chi connectivity index (χ2v) is 19.5. The van der Waals surface area contributed by atoms with Crippen LogP contribution in [0, 0.1) is 35.6 Å². The van der Waals surface area contributed by atoms with Crippen LogP contribution in [-0.4, -0.2) is 81.0 Å². The van der Waals surface area contributed by atoms with Crippen LogP contribution in [0.5, 0.6) is 0 Å². The van der Waals surface area contributed by atoms with E-state index in [9.17, 15) is 9.59 Å². The van der Waals surface area contributed by atoms with Gasteiger partial charge in [-0.15, -0.1) is 12.0 Å². The molecule has 2 aromatic carbocycles. The van der Waals surface area contributed by atoms with Crippen LogP contribution in [0.2, 0.25) is 32.3 Å². The van der Waals surface area contributed by atoms with Crippen molar-refractivity contribution in [2.75, 3.05) is 26.2 Å². The van der Waals surface area contributed by atoms with Gasteiger partial charge in [0.15, 0.2) is 14.6 Å². The summed E-state index contributed by atoms with van der Waals surface area (Å²) in [6.07, 6.45) is 21.4. The van der Waals surface area contributed by atoms with Crippen LogP contribution in [0.3, 0.4) is 0 Å². The molecule has 0 unspecified atom stereocenters. The van der Waals surface area contributed by atoms with Crippen molar-refractivity contribution in [3.8, 4) is 23.8 Å². The Kier molecular flexibility index (Phi) is 13.6. The van der Waals surface area contributed by atoms with Gasteiger partial charge in [0.1, 0.15) is 8.07 Å². The first-order chi connectivity index (χ1) is 24.2. The quantitative estimate of drug-likeness (QED) is 0.105. The van der Waals surface area contributed by atoms with E-state index in [4.69, 9.17) is 6.42 Å². The number of carbonyl (C=O) groups excluding carboxylic acids is 2. The monoisotopic (exact) mass is 678 g/mol. The molecule has 0 bridgehead atoms. The highest BCUT2D eigenvalue weighted by molar-refractivity contribution is 6.83. The number of fused-ring (bicyclic) bond motifs is 2. The molecule has 0 N–H and O–H groups in total. The molecule has 0 atom stereocenters. The molecule has 50 heavy (non-hydrogen) atoms. The van der Waals surface area contributed by atoms with Crippen molar-refractivity contribution in [3.63, 3.8) is 0 Å². The summed E-state index contributed by atoms with van der Waals surface area (Å²) in [5.41, 5.74) is 7.98. The Morgan fingerprint density at radius 2 is 1.20 bits per heavy atom. The highest BCUT2D eigenvalue weighted by Gasteiger charge is 2.20. The van der Waals surface area contributed by atoms with E-state index in [1.807, 2.05) is 18.6 Å². The molecule has 0 aliphatic carbocycles. The number of pyridine rings is 2. The number of likely N-dealkylation sites (tertiary alicyclic amines) is 2. The third-order valence-electron chi connectivity index (χ3n) is 9.74. The van der Waals surface area contributed by atoms with Crippen molar-refractivity contribution in [3.05, 3.63) is 83.4 Å². The van der Waals surface area contributed by atoms with Crippen LogP contribution in [-0.2, 0) is 22.7 Å². The van der Waals surface area contributed by atoms with Gasteiger partial charge in [-0.3, -0.25) is 19.8 Å². The fraction of sp³-hybridized carbons (Fsp3) is 0.415. The van der Waals surface area contributed by atoms with Crippen molar-refractivity contribution in [1.82, 2.24) is 19.8 Å². The smallest absolute Gasteiger partial charge is 0.197 e. The molecule has 0 spiro atoms. The highest BCUT2D eigenvalue weighted by atomic mass is 28.3. The first kappa shape index (κ1) is 37.2. The molecule has 2 radical (unpaired) electrons. The summed E-state index contributed by atoms with van der Waals surface area (Å²) >= 11 is 0. The molecule has 0 amide bonds. The van der Waals surface area contributed by atoms with Gasteiger partial charge in [0, 0.05) is 59.4 Å². The third-order valence-corrected chi connectivity index (χ3v) is 10.6. The number of nitrogens with zero attached hydrogens (tertiary/aromatic N) is 4. The van der Waals surface area contributed by atoms with Gasteiger partial charge in [0.2, 0.25) is 0 Å². The maximum Gasteiger partial charge on any atom is 0.197 e. The van der Waals surface area contributed by atoms with Crippen LogP contribution < -0.4 is 0 Å². The zero-order valence-electron chi connectivity index (χ0n) is 29.9. The first-order valence-corrected chi connectivity index (χ1v) is 21.5. The van der Waals surface area contributed by atoms with Gasteiger partial charge in [-0.2, -0.15) is 0 Å². The maximum absolute atomic E-state index is 10.5. The van der Waals surface area contributed by atoms with E-state index >= 15 is 0 Å². The number of piperidine rings is 2. The van der Waals surface area contributed by atoms with Gasteiger partial charge in [0.05, 0.1) is 23.5 Å². The molecule has 4 heterocycles. The summed E-state index contributed by atoms with van der Waals surface area (Å²) in [6.45, 7) is 13.1. The highest BCUT2D eigenvalue weighted by Crippen LogP contribution is 2.26. The van der Waals surface area contributed by atoms with Gasteiger partial charge in [-0.05, 0) is 87.0 Å². The van der Waals surface area contributed by atoms with E-state index in [0.717, 1.165) is 104 Å². The molecular formula is C41H48B2N4O2Si. The molecule has 6 rings (SSSR count). The molecule has 2 aliphatic rings. The fourth-order valence-corrected chi connectivity index (χ4v) is 7.37. The van der Waals surface area contributed by atoms with Crippen molar-refractivity contribution in [2.45, 2.75) is 71.1 Å². The topological polar surface area (TPSA) is 66.4 Å². The molecule has 4 aromatic rings. The zero-order valence-corrected chi connectivity index (χ0v) is 30.9. The predicted molar refractivity (Wildman–Crippen MR) is 212 cm³/mol. The molecule has 0 saturated carbocycles. The first-order valence-electron chi connectivity index (χ1n) is 18.0. The Balaban J connectivity index is 0.000000197. The second-order valence-electron chi connectivity index (χ2n) is 14.8. The number of rotatable bonds is 10. The molecule has 9 heteroatoms. The lowest BCUT2D eigenvalue weighted by atomic mass is 9.69. The van der Waals surface area contributed by atoms with E-state index < -0.39 is 8.07 Å². The van der Waals surface area contributed by atoms with Crippen LogP contribution in [0.1, 0.15) is 47.9 Å². The second kappa shape index (κ2) is 18.3. The standard InChI is InChI=1S/C22H28BN2OSi.C19H20BN2O/c1-27(2,3)11-8-21-15-24-14-20-5-4-19(12-22(20)21)16-25-9-6-18(7-10-25)13-23-17-26;1-2-17-11-21-12-18-4-3-16(9-19(17)18)13-22-7-5-15(6-8-22)10-20-14-23/h4-5,12,14-15,17-18H,6-7,9-10,13,16H2,1-3H3;1,3-4,9,11-12,14-15H,5-8,10,13H2. The SMILES string of the molecule is C#Cc1cncc2ccc(CN3CCC(C[B]C=O)CC3)cc12.C[Si](C)(C)C#Cc1cncc2ccc(CN3CCC(C[B]C=O)CC3)cc12. The van der Waals surface area contributed by atoms with Crippen LogP contribution in [0.15, 0.2) is 61.2 Å². The third kappa shape index (κ3) is 11.0. The van der Waals surface area contributed by atoms with Gasteiger partial charge < -0.3 is 9.59 Å². The average Bonchev–Trinajstić information content (AvgIpc) is 3.13. The average molecular weight is 679 g/mol. The minimum Gasteiger partial charge on any atom is -0.316 e. The maximum atomic E-state index is 10.5. The number of terminal acetylenes is 1. The lowest BCUT2D eigenvalue weighted by molar-refractivity contribution is 0.185. The van der Waals surface area contributed by atoms with Gasteiger partial charge in [-0.25, -0.2) is 0 Å². The van der Waals surface area contributed by atoms with Crippen molar-refractivity contribution in [1.29, 1.82) is 0 Å². The molecule has 2 aliphatic heterocycles. The summed E-state index contributed by atoms with van der Waals surface area (Å²) < 4.78 is 0. The van der Waals surface area contributed by atoms with Gasteiger partial charge in [0.25, 0.3) is 0 Å². The summed E-state index contributed by atoms with van der Waals surface area (Å²) in [7, 11) is 2.10. The van der Waals surface area contributed by atoms with Crippen molar-refractivity contribution >= 4 is 56.5 Å². The molecule has 254 valence electrons. The van der Waals surface area contributed by atoms with E-state index in [2.05, 4.69) is 93.2 Å². The number of hydrogen-bond donors (Lipinski definition) is 0. The molecule has 2 saturated heterocycles. The largest absolute Gasteiger partial charge is 0.316 e. The minimum atomic E-state index is -1.41. The number of hydrogen-bond acceptors (Lipinski definition) is 6. The lowest BCUT2D eigenvalue weighted by Crippen LogP contribution is -2.33. The van der Waals surface area contributed by atoms with E-state index in [1.54, 1.807) is 20.8 Å². The Labute approximate surface area is 301 Å². The number of aromatic nitrogens is 2. The molecule has 2 fully saturated rings. The molecular weight excluding hydrogens is 630 g/mol. The summed E-state index contributed by atoms with van der Waals surface area (Å²) in [6, 6.07) is 13.1.